The Hall–Kier alpha value is -3.64. The predicted molar refractivity (Wildman–Crippen MR) is 159 cm³/mol. The zero-order valence-corrected chi connectivity index (χ0v) is 25.4. The Bertz CT molecular complexity index is 1580. The number of hydrogen-bond acceptors (Lipinski definition) is 4. The summed E-state index contributed by atoms with van der Waals surface area (Å²) in [5.74, 6) is -2.08. The fourth-order valence-electron chi connectivity index (χ4n) is 5.10. The fraction of sp³-hybridized carbons (Fsp3) is 0.355. The van der Waals surface area contributed by atoms with Gasteiger partial charge in [-0.3, -0.25) is 13.9 Å². The first-order valence-electron chi connectivity index (χ1n) is 14.1. The van der Waals surface area contributed by atoms with Crippen molar-refractivity contribution in [3.05, 3.63) is 94.8 Å². The number of carbonyl (C=O) groups excluding carboxylic acids is 2. The highest BCUT2D eigenvalue weighted by Crippen LogP contribution is 2.38. The van der Waals surface area contributed by atoms with Crippen molar-refractivity contribution in [1.82, 2.24) is 10.2 Å². The maximum absolute atomic E-state index is 14.7. The molecule has 1 fully saturated rings. The number of sulfonamides is 1. The van der Waals surface area contributed by atoms with E-state index in [9.17, 15) is 35.6 Å². The van der Waals surface area contributed by atoms with Gasteiger partial charge in [0.2, 0.25) is 11.8 Å². The number of halogens is 5. The smallest absolute Gasteiger partial charge is 0.352 e. The molecular formula is C31H32ClF4N3O4S. The number of hydrogen-bond donors (Lipinski definition) is 1. The summed E-state index contributed by atoms with van der Waals surface area (Å²) < 4.78 is 84.2. The van der Waals surface area contributed by atoms with E-state index < -0.39 is 69.2 Å². The second-order valence-corrected chi connectivity index (χ2v) is 12.9. The molecule has 1 aliphatic rings. The molecule has 4 rings (SSSR count). The Kier molecular flexibility index (Phi) is 10.6. The molecule has 1 atom stereocenters. The number of benzene rings is 3. The molecular weight excluding hydrogens is 622 g/mol. The Balaban J connectivity index is 1.74. The molecule has 0 radical (unpaired) electrons. The number of nitrogens with zero attached hydrogens (tertiary/aromatic N) is 2. The number of alkyl halides is 3. The maximum Gasteiger partial charge on any atom is 0.417 e. The Morgan fingerprint density at radius 3 is 2.25 bits per heavy atom. The summed E-state index contributed by atoms with van der Waals surface area (Å²) >= 11 is 5.79. The van der Waals surface area contributed by atoms with Gasteiger partial charge in [-0.2, -0.15) is 13.2 Å². The van der Waals surface area contributed by atoms with Crippen LogP contribution in [0.25, 0.3) is 0 Å². The Morgan fingerprint density at radius 1 is 0.977 bits per heavy atom. The average Bonchev–Trinajstić information content (AvgIpc) is 2.99. The van der Waals surface area contributed by atoms with Gasteiger partial charge in [0.15, 0.2) is 0 Å². The van der Waals surface area contributed by atoms with E-state index in [1.807, 2.05) is 0 Å². The summed E-state index contributed by atoms with van der Waals surface area (Å²) in [5.41, 5.74) is -1.69. The summed E-state index contributed by atoms with van der Waals surface area (Å²) in [5, 5.41) is 2.27. The maximum atomic E-state index is 14.7. The van der Waals surface area contributed by atoms with E-state index in [4.69, 9.17) is 11.6 Å². The van der Waals surface area contributed by atoms with Crippen molar-refractivity contribution in [2.45, 2.75) is 68.7 Å². The van der Waals surface area contributed by atoms with Crippen LogP contribution in [0.3, 0.4) is 0 Å². The van der Waals surface area contributed by atoms with Crippen molar-refractivity contribution in [3.63, 3.8) is 0 Å². The van der Waals surface area contributed by atoms with Crippen molar-refractivity contribution >= 4 is 39.1 Å². The standard InChI is InChI=1S/C31H32ClF4N3O4S/c1-21(30(41)37-23-11-4-2-5-12-23)38(19-22-10-8-9-15-28(22)33)29(40)20-39(44(42,43)25-13-6-3-7-14-25)24-16-17-27(32)26(18-24)31(34,35)36/h3,6-10,13-18,21,23H,2,4-5,11-12,19-20H2,1H3,(H,37,41). The molecule has 1 unspecified atom stereocenters. The number of amides is 2. The molecule has 44 heavy (non-hydrogen) atoms. The van der Waals surface area contributed by atoms with E-state index in [0.717, 1.165) is 49.1 Å². The third kappa shape index (κ3) is 7.89. The third-order valence-corrected chi connectivity index (χ3v) is 9.69. The summed E-state index contributed by atoms with van der Waals surface area (Å²) in [6, 6.07) is 13.8. The molecule has 7 nitrogen and oxygen atoms in total. The number of anilines is 1. The highest BCUT2D eigenvalue weighted by atomic mass is 35.5. The van der Waals surface area contributed by atoms with Gasteiger partial charge in [0.25, 0.3) is 10.0 Å². The highest BCUT2D eigenvalue weighted by molar-refractivity contribution is 7.92. The molecule has 0 heterocycles. The minimum Gasteiger partial charge on any atom is -0.352 e. The molecule has 0 aromatic heterocycles. The topological polar surface area (TPSA) is 86.8 Å². The Labute approximate surface area is 258 Å². The van der Waals surface area contributed by atoms with Crippen LogP contribution in [-0.2, 0) is 32.3 Å². The summed E-state index contributed by atoms with van der Waals surface area (Å²) in [7, 11) is -4.61. The molecule has 0 aliphatic heterocycles. The van der Waals surface area contributed by atoms with Crippen LogP contribution in [0.5, 0.6) is 0 Å². The van der Waals surface area contributed by atoms with Crippen LogP contribution in [0.15, 0.2) is 77.7 Å². The number of nitrogens with one attached hydrogen (secondary N) is 1. The molecule has 3 aromatic rings. The molecule has 0 saturated heterocycles. The summed E-state index contributed by atoms with van der Waals surface area (Å²) in [6.07, 6.45) is -0.467. The second-order valence-electron chi connectivity index (χ2n) is 10.6. The molecule has 1 saturated carbocycles. The first-order chi connectivity index (χ1) is 20.8. The first kappa shape index (κ1) is 33.3. The average molecular weight is 654 g/mol. The van der Waals surface area contributed by atoms with Crippen LogP contribution in [0.2, 0.25) is 5.02 Å². The minimum atomic E-state index is -4.91. The molecule has 2 amide bonds. The lowest BCUT2D eigenvalue weighted by molar-refractivity contribution is -0.139. The minimum absolute atomic E-state index is 0.0708. The van der Waals surface area contributed by atoms with Gasteiger partial charge in [-0.15, -0.1) is 0 Å². The van der Waals surface area contributed by atoms with E-state index in [-0.39, 0.29) is 16.5 Å². The van der Waals surface area contributed by atoms with Crippen molar-refractivity contribution < 1.29 is 35.6 Å². The summed E-state index contributed by atoms with van der Waals surface area (Å²) in [4.78, 5) is 28.1. The third-order valence-electron chi connectivity index (χ3n) is 7.57. The second kappa shape index (κ2) is 14.0. The van der Waals surface area contributed by atoms with Gasteiger partial charge in [0, 0.05) is 18.2 Å². The van der Waals surface area contributed by atoms with E-state index >= 15 is 0 Å². The van der Waals surface area contributed by atoms with Crippen LogP contribution < -0.4 is 9.62 Å². The molecule has 0 bridgehead atoms. The van der Waals surface area contributed by atoms with Crippen LogP contribution in [0.4, 0.5) is 23.2 Å². The van der Waals surface area contributed by atoms with Gasteiger partial charge in [-0.1, -0.05) is 67.3 Å². The molecule has 0 spiro atoms. The lowest BCUT2D eigenvalue weighted by atomic mass is 9.95. The van der Waals surface area contributed by atoms with Crippen LogP contribution in [-0.4, -0.2) is 43.8 Å². The van der Waals surface area contributed by atoms with Crippen LogP contribution in [0.1, 0.15) is 50.2 Å². The molecule has 236 valence electrons. The van der Waals surface area contributed by atoms with Gasteiger partial charge in [-0.05, 0) is 56.2 Å². The van der Waals surface area contributed by atoms with Gasteiger partial charge < -0.3 is 10.2 Å². The normalized spacial score (nSPS) is 15.0. The quantitative estimate of drug-likeness (QED) is 0.251. The summed E-state index contributed by atoms with van der Waals surface area (Å²) in [6.45, 7) is 0.0705. The van der Waals surface area contributed by atoms with E-state index in [0.29, 0.717) is 10.4 Å². The van der Waals surface area contributed by atoms with Crippen LogP contribution >= 0.6 is 11.6 Å². The lowest BCUT2D eigenvalue weighted by Gasteiger charge is -2.33. The van der Waals surface area contributed by atoms with Crippen LogP contribution in [0, 0.1) is 5.82 Å². The van der Waals surface area contributed by atoms with Crippen molar-refractivity contribution in [3.8, 4) is 0 Å². The van der Waals surface area contributed by atoms with E-state index in [1.165, 1.54) is 49.4 Å². The molecule has 1 aliphatic carbocycles. The molecule has 13 heteroatoms. The molecule has 1 N–H and O–H groups in total. The number of rotatable bonds is 10. The highest BCUT2D eigenvalue weighted by Gasteiger charge is 2.37. The van der Waals surface area contributed by atoms with E-state index in [1.54, 1.807) is 12.1 Å². The Morgan fingerprint density at radius 2 is 1.61 bits per heavy atom. The largest absolute Gasteiger partial charge is 0.417 e. The lowest BCUT2D eigenvalue weighted by Crippen LogP contribution is -2.53. The fourth-order valence-corrected chi connectivity index (χ4v) is 6.75. The zero-order chi connectivity index (χ0) is 32.1. The molecule has 3 aromatic carbocycles. The van der Waals surface area contributed by atoms with Crippen molar-refractivity contribution in [2.75, 3.05) is 10.8 Å². The van der Waals surface area contributed by atoms with Crippen molar-refractivity contribution in [2.24, 2.45) is 0 Å². The van der Waals surface area contributed by atoms with E-state index in [2.05, 4.69) is 5.32 Å². The predicted octanol–water partition coefficient (Wildman–Crippen LogP) is 6.56. The van der Waals surface area contributed by atoms with Crippen molar-refractivity contribution in [1.29, 1.82) is 0 Å². The van der Waals surface area contributed by atoms with Gasteiger partial charge in [0.1, 0.15) is 18.4 Å². The van der Waals surface area contributed by atoms with Gasteiger partial charge >= 0.3 is 6.18 Å². The zero-order valence-electron chi connectivity index (χ0n) is 23.9. The monoisotopic (exact) mass is 653 g/mol. The van der Waals surface area contributed by atoms with Gasteiger partial charge in [0.05, 0.1) is 21.2 Å². The number of carbonyl (C=O) groups is 2. The first-order valence-corrected chi connectivity index (χ1v) is 15.9. The SMILES string of the molecule is CC(C(=O)NC1CCCCC1)N(Cc1ccccc1F)C(=O)CN(c1ccc(Cl)c(C(F)(F)F)c1)S(=O)(=O)c1ccccc1. The van der Waals surface area contributed by atoms with Gasteiger partial charge in [-0.25, -0.2) is 12.8 Å².